The summed E-state index contributed by atoms with van der Waals surface area (Å²) in [5, 5.41) is 19.9. The minimum atomic E-state index is -5.45. The average molecular weight is 682 g/mol. The lowest BCUT2D eigenvalue weighted by Crippen LogP contribution is -2.51. The van der Waals surface area contributed by atoms with Gasteiger partial charge in [-0.25, -0.2) is 13.8 Å². The molecule has 2 heterocycles. The Bertz CT molecular complexity index is 1860. The number of rotatable bonds is 11. The van der Waals surface area contributed by atoms with Crippen molar-refractivity contribution in [2.45, 2.75) is 44.0 Å². The molecule has 10 nitrogen and oxygen atoms in total. The number of pyridine rings is 1. The number of nitrogens with one attached hydrogen (secondary N) is 2. The summed E-state index contributed by atoms with van der Waals surface area (Å²) in [4.78, 5) is 29.6. The number of nitrogens with zero attached hydrogens (tertiary/aromatic N) is 3. The fourth-order valence-corrected chi connectivity index (χ4v) is 5.21. The smallest absolute Gasteiger partial charge is 0.424 e. The van der Waals surface area contributed by atoms with Gasteiger partial charge in [-0.05, 0) is 50.1 Å². The molecule has 2 amide bonds. The van der Waals surface area contributed by atoms with E-state index in [-0.39, 0.29) is 40.8 Å². The van der Waals surface area contributed by atoms with E-state index in [1.807, 2.05) is 0 Å². The van der Waals surface area contributed by atoms with Crippen LogP contribution in [0.15, 0.2) is 36.5 Å². The first-order chi connectivity index (χ1) is 22.2. The number of aliphatic hydroxyl groups is 1. The summed E-state index contributed by atoms with van der Waals surface area (Å²) in [5.41, 5.74) is -5.56. The number of alkyl halides is 3. The number of likely N-dealkylation sites (N-methyl/N-ethyl adjacent to an activating group) is 1. The van der Waals surface area contributed by atoms with Crippen LogP contribution in [-0.2, 0) is 16.8 Å². The largest absolute Gasteiger partial charge is 0.494 e. The molecule has 1 atom stereocenters. The van der Waals surface area contributed by atoms with Crippen molar-refractivity contribution < 1.29 is 46.1 Å². The Hall–Kier alpha value is -4.50. The van der Waals surface area contributed by atoms with Gasteiger partial charge < -0.3 is 25.2 Å². The second-order valence-corrected chi connectivity index (χ2v) is 11.2. The van der Waals surface area contributed by atoms with Crippen molar-refractivity contribution in [1.29, 1.82) is 0 Å². The van der Waals surface area contributed by atoms with E-state index in [0.29, 0.717) is 17.0 Å². The minimum absolute atomic E-state index is 0.0663. The van der Waals surface area contributed by atoms with Gasteiger partial charge in [0.2, 0.25) is 11.5 Å². The lowest BCUT2D eigenvalue weighted by molar-refractivity contribution is -0.265. The zero-order valence-electron chi connectivity index (χ0n) is 25.3. The molecular formula is C31H29ClF5N5O5. The molecule has 0 aliphatic heterocycles. The highest BCUT2D eigenvalue weighted by Gasteiger charge is 2.57. The van der Waals surface area contributed by atoms with Crippen molar-refractivity contribution in [2.75, 3.05) is 27.3 Å². The lowest BCUT2D eigenvalue weighted by atomic mass is 9.93. The second-order valence-electron chi connectivity index (χ2n) is 10.8. The standard InChI is InChI=1S/C31H29ClF5N5O5/c1-4-47-28-15(12-23(43)38-2)11-22(40-27(28)19-7-8-20(33)25(34)24(19)32)30(45,31(35,36)37)14-39-29(44)16-9-17-13-42(18-5-6-18)41-26(17)21(10-16)46-3/h7-11,13,18,45H,4-6,12,14H2,1-3H3,(H,38,43)(H,39,44)/t30-/m1/s1. The van der Waals surface area contributed by atoms with Crippen LogP contribution >= 0.6 is 11.6 Å². The van der Waals surface area contributed by atoms with Crippen LogP contribution in [0, 0.1) is 11.6 Å². The van der Waals surface area contributed by atoms with Crippen molar-refractivity contribution in [1.82, 2.24) is 25.4 Å². The SMILES string of the molecule is CCOc1c(CC(=O)NC)cc([C@](O)(CNC(=O)c2cc(OC)c3nn(C4CC4)cc3c2)C(F)(F)F)nc1-c1ccc(F)c(F)c1Cl. The third-order valence-corrected chi connectivity index (χ3v) is 8.02. The maximum atomic E-state index is 14.8. The van der Waals surface area contributed by atoms with E-state index in [0.717, 1.165) is 25.0 Å². The summed E-state index contributed by atoms with van der Waals surface area (Å²) in [6.07, 6.45) is -2.42. The summed E-state index contributed by atoms with van der Waals surface area (Å²) < 4.78 is 85.5. The van der Waals surface area contributed by atoms with Crippen LogP contribution in [0.25, 0.3) is 22.2 Å². The van der Waals surface area contributed by atoms with Gasteiger partial charge in [0.1, 0.15) is 22.7 Å². The molecule has 1 saturated carbocycles. The fourth-order valence-electron chi connectivity index (χ4n) is 4.97. The first-order valence-electron chi connectivity index (χ1n) is 14.4. The summed E-state index contributed by atoms with van der Waals surface area (Å²) in [5.74, 6) is -4.48. The third kappa shape index (κ3) is 6.54. The molecule has 2 aromatic heterocycles. The first kappa shape index (κ1) is 33.9. The van der Waals surface area contributed by atoms with Crippen molar-refractivity contribution >= 4 is 34.3 Å². The van der Waals surface area contributed by atoms with E-state index < -0.39 is 64.6 Å². The molecular weight excluding hydrogens is 653 g/mol. The molecule has 0 spiro atoms. The Morgan fingerprint density at radius 1 is 1.17 bits per heavy atom. The zero-order valence-corrected chi connectivity index (χ0v) is 26.0. The summed E-state index contributed by atoms with van der Waals surface area (Å²) in [6.45, 7) is 0.0461. The Kier molecular flexibility index (Phi) is 9.33. The maximum absolute atomic E-state index is 14.8. The van der Waals surface area contributed by atoms with Gasteiger partial charge in [-0.1, -0.05) is 11.6 Å². The van der Waals surface area contributed by atoms with E-state index in [2.05, 4.69) is 20.7 Å². The molecule has 3 N–H and O–H groups in total. The van der Waals surface area contributed by atoms with Crippen molar-refractivity contribution in [3.8, 4) is 22.8 Å². The number of ether oxygens (including phenoxy) is 2. The summed E-state index contributed by atoms with van der Waals surface area (Å²) in [6, 6.07) is 5.43. The number of benzene rings is 2. The highest BCUT2D eigenvalue weighted by molar-refractivity contribution is 6.33. The Morgan fingerprint density at radius 3 is 2.51 bits per heavy atom. The summed E-state index contributed by atoms with van der Waals surface area (Å²) in [7, 11) is 2.66. The van der Waals surface area contributed by atoms with E-state index in [9.17, 15) is 36.6 Å². The van der Waals surface area contributed by atoms with Gasteiger partial charge in [0.15, 0.2) is 11.6 Å². The minimum Gasteiger partial charge on any atom is -0.494 e. The number of carbonyl (C=O) groups excluding carboxylic acids is 2. The lowest BCUT2D eigenvalue weighted by Gasteiger charge is -2.31. The molecule has 0 unspecified atom stereocenters. The van der Waals surface area contributed by atoms with Crippen LogP contribution in [0.3, 0.4) is 0 Å². The fraction of sp³-hybridized carbons (Fsp3) is 0.355. The number of aromatic nitrogens is 3. The van der Waals surface area contributed by atoms with E-state index >= 15 is 0 Å². The van der Waals surface area contributed by atoms with Gasteiger partial charge in [0.25, 0.3) is 5.91 Å². The molecule has 2 aromatic carbocycles. The predicted molar refractivity (Wildman–Crippen MR) is 160 cm³/mol. The molecule has 0 bridgehead atoms. The number of carbonyl (C=O) groups is 2. The highest BCUT2D eigenvalue weighted by Crippen LogP contribution is 2.44. The molecule has 0 radical (unpaired) electrons. The van der Waals surface area contributed by atoms with Crippen LogP contribution < -0.4 is 20.1 Å². The molecule has 5 rings (SSSR count). The quantitative estimate of drug-likeness (QED) is 0.146. The van der Waals surface area contributed by atoms with Gasteiger partial charge in [-0.3, -0.25) is 14.3 Å². The number of methoxy groups -OCH3 is 1. The highest BCUT2D eigenvalue weighted by atomic mass is 35.5. The maximum Gasteiger partial charge on any atom is 0.424 e. The van der Waals surface area contributed by atoms with E-state index in [1.165, 1.54) is 26.3 Å². The average Bonchev–Trinajstić information content (AvgIpc) is 3.80. The first-order valence-corrected chi connectivity index (χ1v) is 14.8. The predicted octanol–water partition coefficient (Wildman–Crippen LogP) is 5.24. The number of hydrogen-bond acceptors (Lipinski definition) is 7. The van der Waals surface area contributed by atoms with Gasteiger partial charge in [-0.15, -0.1) is 0 Å². The molecule has 250 valence electrons. The molecule has 16 heteroatoms. The van der Waals surface area contributed by atoms with Crippen LogP contribution in [0.4, 0.5) is 22.0 Å². The van der Waals surface area contributed by atoms with Gasteiger partial charge >= 0.3 is 6.18 Å². The van der Waals surface area contributed by atoms with E-state index in [4.69, 9.17) is 21.1 Å². The molecule has 1 aliphatic carbocycles. The number of halogens is 6. The zero-order chi connectivity index (χ0) is 34.3. The Labute approximate surface area is 269 Å². The van der Waals surface area contributed by atoms with Crippen LogP contribution in [0.1, 0.15) is 47.4 Å². The number of amides is 2. The van der Waals surface area contributed by atoms with Gasteiger partial charge in [0, 0.05) is 35.3 Å². The van der Waals surface area contributed by atoms with Gasteiger partial charge in [0.05, 0.1) is 43.4 Å². The van der Waals surface area contributed by atoms with Crippen LogP contribution in [-0.4, -0.2) is 65.2 Å². The second kappa shape index (κ2) is 13.0. The monoisotopic (exact) mass is 681 g/mol. The Morgan fingerprint density at radius 2 is 1.89 bits per heavy atom. The normalized spacial score (nSPS) is 14.5. The Balaban J connectivity index is 1.59. The summed E-state index contributed by atoms with van der Waals surface area (Å²) >= 11 is 6.06. The van der Waals surface area contributed by atoms with Crippen LogP contribution in [0.5, 0.6) is 11.5 Å². The topological polar surface area (TPSA) is 128 Å². The molecule has 1 aliphatic rings. The van der Waals surface area contributed by atoms with Crippen LogP contribution in [0.2, 0.25) is 5.02 Å². The molecule has 4 aromatic rings. The van der Waals surface area contributed by atoms with Crippen molar-refractivity contribution in [3.05, 3.63) is 70.0 Å². The molecule has 47 heavy (non-hydrogen) atoms. The number of hydrogen-bond donors (Lipinski definition) is 3. The van der Waals surface area contributed by atoms with Gasteiger partial charge in [-0.2, -0.15) is 18.3 Å². The third-order valence-electron chi connectivity index (χ3n) is 7.65. The molecule has 0 saturated heterocycles. The number of fused-ring (bicyclic) bond motifs is 1. The van der Waals surface area contributed by atoms with Crippen molar-refractivity contribution in [3.63, 3.8) is 0 Å². The van der Waals surface area contributed by atoms with E-state index in [1.54, 1.807) is 17.8 Å². The molecule has 1 fully saturated rings. The van der Waals surface area contributed by atoms with Crippen molar-refractivity contribution in [2.24, 2.45) is 0 Å².